The van der Waals surface area contributed by atoms with Crippen LogP contribution in [0.1, 0.15) is 42.2 Å². The predicted molar refractivity (Wildman–Crippen MR) is 67.1 cm³/mol. The summed E-state index contributed by atoms with van der Waals surface area (Å²) in [5, 5.41) is 9.14. The zero-order valence-corrected chi connectivity index (χ0v) is 10.1. The fourth-order valence-electron chi connectivity index (χ4n) is 2.11. The second kappa shape index (κ2) is 5.27. The van der Waals surface area contributed by atoms with Gasteiger partial charge in [-0.3, -0.25) is 9.79 Å². The summed E-state index contributed by atoms with van der Waals surface area (Å²) in [6.07, 6.45) is 6.70. The van der Waals surface area contributed by atoms with Crippen LogP contribution in [0.5, 0.6) is 0 Å². The number of carbonyl (C=O) groups excluding carboxylic acids is 1. The van der Waals surface area contributed by atoms with Gasteiger partial charge in [0.15, 0.2) is 5.78 Å². The van der Waals surface area contributed by atoms with E-state index in [2.05, 4.69) is 16.9 Å². The van der Waals surface area contributed by atoms with Gasteiger partial charge in [0.1, 0.15) is 5.69 Å². The van der Waals surface area contributed by atoms with Crippen LogP contribution in [0.3, 0.4) is 0 Å². The van der Waals surface area contributed by atoms with E-state index in [1.807, 2.05) is 6.20 Å². The number of aryl methyl sites for hydroxylation is 1. The zero-order chi connectivity index (χ0) is 12.3. The Morgan fingerprint density at radius 1 is 1.59 bits per heavy atom. The van der Waals surface area contributed by atoms with Crippen LogP contribution in [-0.4, -0.2) is 28.7 Å². The summed E-state index contributed by atoms with van der Waals surface area (Å²) in [6, 6.07) is 0. The van der Waals surface area contributed by atoms with Crippen molar-refractivity contribution in [3.63, 3.8) is 0 Å². The number of nitrogens with one attached hydrogen (secondary N) is 1. The number of Topliss-reactive ketones (excluding diaryl/α,β-unsaturated/α-hetero) is 1. The van der Waals surface area contributed by atoms with Gasteiger partial charge in [-0.1, -0.05) is 13.3 Å². The number of aromatic amines is 1. The monoisotopic (exact) mass is 234 g/mol. The molecule has 1 aliphatic heterocycles. The molecule has 0 bridgehead atoms. The van der Waals surface area contributed by atoms with Crippen molar-refractivity contribution in [2.75, 3.05) is 6.61 Å². The second-order valence-electron chi connectivity index (χ2n) is 4.47. The van der Waals surface area contributed by atoms with Gasteiger partial charge in [0.25, 0.3) is 0 Å². The fourth-order valence-corrected chi connectivity index (χ4v) is 2.11. The van der Waals surface area contributed by atoms with Crippen molar-refractivity contribution in [3.05, 3.63) is 17.5 Å². The molecule has 1 aliphatic rings. The van der Waals surface area contributed by atoms with Crippen molar-refractivity contribution in [2.45, 2.75) is 32.6 Å². The average molecular weight is 234 g/mol. The molecule has 0 radical (unpaired) electrons. The van der Waals surface area contributed by atoms with Gasteiger partial charge in [-0.25, -0.2) is 0 Å². The third kappa shape index (κ3) is 2.47. The summed E-state index contributed by atoms with van der Waals surface area (Å²) < 4.78 is 0. The Labute approximate surface area is 101 Å². The molecule has 1 atom stereocenters. The van der Waals surface area contributed by atoms with Gasteiger partial charge >= 0.3 is 0 Å². The van der Waals surface area contributed by atoms with Crippen LogP contribution in [0, 0.1) is 5.92 Å². The number of hydrogen-bond acceptors (Lipinski definition) is 3. The quantitative estimate of drug-likeness (QED) is 0.820. The Morgan fingerprint density at radius 3 is 3.12 bits per heavy atom. The zero-order valence-electron chi connectivity index (χ0n) is 10.1. The number of aliphatic hydroxyl groups excluding tert-OH is 1. The number of carbonyl (C=O) groups is 1. The molecule has 17 heavy (non-hydrogen) atoms. The van der Waals surface area contributed by atoms with Crippen molar-refractivity contribution in [3.8, 4) is 0 Å². The van der Waals surface area contributed by atoms with Gasteiger partial charge in [0.2, 0.25) is 0 Å². The molecule has 2 N–H and O–H groups in total. The van der Waals surface area contributed by atoms with Crippen LogP contribution in [-0.2, 0) is 6.42 Å². The average Bonchev–Trinajstić information content (AvgIpc) is 2.75. The molecular weight excluding hydrogens is 216 g/mol. The van der Waals surface area contributed by atoms with Crippen LogP contribution in [0.15, 0.2) is 11.2 Å². The summed E-state index contributed by atoms with van der Waals surface area (Å²) in [4.78, 5) is 18.9. The number of H-pyrrole nitrogens is 1. The Balaban J connectivity index is 2.08. The third-order valence-corrected chi connectivity index (χ3v) is 3.37. The van der Waals surface area contributed by atoms with E-state index < -0.39 is 0 Å². The van der Waals surface area contributed by atoms with Gasteiger partial charge in [0, 0.05) is 25.4 Å². The lowest BCUT2D eigenvalue weighted by Crippen LogP contribution is -2.06. The Hall–Kier alpha value is -1.42. The van der Waals surface area contributed by atoms with E-state index in [-0.39, 0.29) is 12.4 Å². The topological polar surface area (TPSA) is 65.4 Å². The van der Waals surface area contributed by atoms with Crippen LogP contribution < -0.4 is 0 Å². The number of fused-ring (bicyclic) bond motifs is 1. The first-order chi connectivity index (χ1) is 8.26. The van der Waals surface area contributed by atoms with E-state index in [1.54, 1.807) is 6.21 Å². The smallest absolute Gasteiger partial charge is 0.186 e. The molecule has 92 valence electrons. The van der Waals surface area contributed by atoms with Crippen molar-refractivity contribution in [2.24, 2.45) is 10.9 Å². The van der Waals surface area contributed by atoms with Crippen LogP contribution in [0.25, 0.3) is 0 Å². The standard InChI is InChI=1S/C13H18N2O2/c1-2-9(8-16)3-4-10-7-15-13-11(17)5-6-14-12(10)13/h6-7,9,15-16H,2-5,8H2,1H3/t9-/m0/s1. The molecule has 0 unspecified atom stereocenters. The van der Waals surface area contributed by atoms with E-state index in [0.29, 0.717) is 18.0 Å². The molecule has 1 aromatic heterocycles. The van der Waals surface area contributed by atoms with Gasteiger partial charge in [-0.2, -0.15) is 0 Å². The fraction of sp³-hybridized carbons (Fsp3) is 0.538. The number of aliphatic imine (C=N–C) groups is 1. The van der Waals surface area contributed by atoms with E-state index >= 15 is 0 Å². The number of nitrogens with zero attached hydrogens (tertiary/aromatic N) is 1. The summed E-state index contributed by atoms with van der Waals surface area (Å²) in [6.45, 7) is 2.31. The lowest BCUT2D eigenvalue weighted by atomic mass is 9.98. The van der Waals surface area contributed by atoms with Crippen molar-refractivity contribution in [1.82, 2.24) is 4.98 Å². The molecule has 2 heterocycles. The number of hydrogen-bond donors (Lipinski definition) is 2. The van der Waals surface area contributed by atoms with E-state index in [4.69, 9.17) is 5.11 Å². The predicted octanol–water partition coefficient (Wildman–Crippen LogP) is 2.25. The lowest BCUT2D eigenvalue weighted by molar-refractivity contribution is 0.0997. The maximum absolute atomic E-state index is 11.6. The van der Waals surface area contributed by atoms with E-state index in [9.17, 15) is 4.79 Å². The molecule has 2 rings (SSSR count). The van der Waals surface area contributed by atoms with Gasteiger partial charge < -0.3 is 10.1 Å². The summed E-state index contributed by atoms with van der Waals surface area (Å²) >= 11 is 0. The molecule has 0 amide bonds. The summed E-state index contributed by atoms with van der Waals surface area (Å²) in [7, 11) is 0. The molecule has 0 saturated heterocycles. The molecule has 0 aromatic carbocycles. The Bertz CT molecular complexity index is 431. The van der Waals surface area contributed by atoms with Crippen molar-refractivity contribution in [1.29, 1.82) is 0 Å². The Morgan fingerprint density at radius 2 is 2.41 bits per heavy atom. The van der Waals surface area contributed by atoms with Crippen molar-refractivity contribution >= 4 is 17.7 Å². The normalized spacial score (nSPS) is 16.0. The molecule has 4 nitrogen and oxygen atoms in total. The van der Waals surface area contributed by atoms with Crippen LogP contribution >= 0.6 is 0 Å². The summed E-state index contributed by atoms with van der Waals surface area (Å²) in [5.41, 5.74) is 2.52. The number of aliphatic hydroxyl groups is 1. The molecule has 0 aliphatic carbocycles. The highest BCUT2D eigenvalue weighted by molar-refractivity contribution is 6.09. The molecule has 0 fully saturated rings. The largest absolute Gasteiger partial charge is 0.396 e. The highest BCUT2D eigenvalue weighted by atomic mass is 16.3. The molecular formula is C13H18N2O2. The maximum atomic E-state index is 11.6. The van der Waals surface area contributed by atoms with E-state index in [0.717, 1.165) is 30.5 Å². The summed E-state index contributed by atoms with van der Waals surface area (Å²) in [5.74, 6) is 0.444. The van der Waals surface area contributed by atoms with Crippen molar-refractivity contribution < 1.29 is 9.90 Å². The lowest BCUT2D eigenvalue weighted by Gasteiger charge is -2.11. The highest BCUT2D eigenvalue weighted by Gasteiger charge is 2.19. The number of ketones is 1. The molecule has 0 spiro atoms. The first-order valence-electron chi connectivity index (χ1n) is 6.13. The first kappa shape index (κ1) is 12.0. The van der Waals surface area contributed by atoms with Crippen LogP contribution in [0.4, 0.5) is 5.69 Å². The SMILES string of the molecule is CC[C@H](CO)CCc1c[nH]c2c1N=CCC2=O. The third-order valence-electron chi connectivity index (χ3n) is 3.37. The number of aromatic nitrogens is 1. The highest BCUT2D eigenvalue weighted by Crippen LogP contribution is 2.29. The van der Waals surface area contributed by atoms with Crippen LogP contribution in [0.2, 0.25) is 0 Å². The van der Waals surface area contributed by atoms with E-state index in [1.165, 1.54) is 0 Å². The number of rotatable bonds is 5. The van der Waals surface area contributed by atoms with Gasteiger partial charge in [-0.15, -0.1) is 0 Å². The first-order valence-corrected chi connectivity index (χ1v) is 6.13. The minimum atomic E-state index is 0.107. The minimum absolute atomic E-state index is 0.107. The van der Waals surface area contributed by atoms with Gasteiger partial charge in [0.05, 0.1) is 5.69 Å². The second-order valence-corrected chi connectivity index (χ2v) is 4.47. The molecule has 4 heteroatoms. The maximum Gasteiger partial charge on any atom is 0.186 e. The minimum Gasteiger partial charge on any atom is -0.396 e. The molecule has 0 saturated carbocycles. The molecule has 1 aromatic rings. The Kier molecular flexibility index (Phi) is 3.74. The van der Waals surface area contributed by atoms with Gasteiger partial charge in [-0.05, 0) is 24.3 Å².